The number of nitriles is 1. The minimum Gasteiger partial charge on any atom is -0.461 e. The molecule has 0 spiro atoms. The van der Waals surface area contributed by atoms with Crippen molar-refractivity contribution in [2.24, 2.45) is 0 Å². The molecule has 0 aliphatic rings. The second-order valence-corrected chi connectivity index (χ2v) is 6.74. The number of benzene rings is 1. The lowest BCUT2D eigenvalue weighted by Gasteiger charge is -2.23. The van der Waals surface area contributed by atoms with E-state index in [4.69, 9.17) is 21.9 Å². The van der Waals surface area contributed by atoms with Crippen LogP contribution in [-0.4, -0.2) is 32.0 Å². The minimum atomic E-state index is -4.38. The number of hydrogen-bond acceptors (Lipinski definition) is 5. The highest BCUT2D eigenvalue weighted by molar-refractivity contribution is 7.71. The molecule has 3 aromatic rings. The lowest BCUT2D eigenvalue weighted by atomic mass is 10.1. The van der Waals surface area contributed by atoms with E-state index in [9.17, 15) is 13.2 Å². The van der Waals surface area contributed by atoms with Crippen molar-refractivity contribution >= 4 is 12.2 Å². The molecule has 3 rings (SSSR count). The van der Waals surface area contributed by atoms with Gasteiger partial charge in [0, 0.05) is 13.1 Å². The fourth-order valence-electron chi connectivity index (χ4n) is 2.95. The Hall–Kier alpha value is -2.90. The Kier molecular flexibility index (Phi) is 6.20. The molecule has 2 aromatic heterocycles. The van der Waals surface area contributed by atoms with Crippen molar-refractivity contribution in [3.8, 4) is 17.7 Å². The highest BCUT2D eigenvalue weighted by atomic mass is 32.1. The lowest BCUT2D eigenvalue weighted by Crippen LogP contribution is -2.35. The summed E-state index contributed by atoms with van der Waals surface area (Å²) in [4.78, 5) is 1.20. The first-order valence-corrected chi connectivity index (χ1v) is 9.21. The molecule has 0 fully saturated rings. The lowest BCUT2D eigenvalue weighted by molar-refractivity contribution is -0.151. The van der Waals surface area contributed by atoms with E-state index < -0.39 is 12.7 Å². The van der Waals surface area contributed by atoms with Gasteiger partial charge < -0.3 is 4.42 Å². The monoisotopic (exact) mass is 421 g/mol. The zero-order chi connectivity index (χ0) is 21.0. The van der Waals surface area contributed by atoms with E-state index in [0.717, 1.165) is 0 Å². The van der Waals surface area contributed by atoms with E-state index in [1.807, 2.05) is 13.0 Å². The van der Waals surface area contributed by atoms with Gasteiger partial charge in [0.2, 0.25) is 0 Å². The van der Waals surface area contributed by atoms with Crippen LogP contribution in [0.1, 0.15) is 18.1 Å². The van der Waals surface area contributed by atoms with Crippen LogP contribution in [-0.2, 0) is 19.8 Å². The Labute approximate surface area is 170 Å². The smallest absolute Gasteiger partial charge is 0.401 e. The Bertz CT molecular complexity index is 1050. The van der Waals surface area contributed by atoms with Crippen LogP contribution in [0.5, 0.6) is 0 Å². The molecule has 0 radical (unpaired) electrons. The number of furan rings is 1. The Morgan fingerprint density at radius 1 is 1.24 bits per heavy atom. The number of rotatable bonds is 7. The van der Waals surface area contributed by atoms with E-state index in [1.54, 1.807) is 41.0 Å². The summed E-state index contributed by atoms with van der Waals surface area (Å²) in [6.45, 7) is 1.15. The van der Waals surface area contributed by atoms with Gasteiger partial charge in [-0.15, -0.1) is 5.10 Å². The summed E-state index contributed by atoms with van der Waals surface area (Å²) < 4.78 is 48.2. The molecule has 1 aromatic carbocycles. The van der Waals surface area contributed by atoms with Crippen LogP contribution in [0.4, 0.5) is 13.2 Å². The van der Waals surface area contributed by atoms with Crippen LogP contribution in [0, 0.1) is 16.1 Å². The van der Waals surface area contributed by atoms with Gasteiger partial charge in [-0.25, -0.2) is 4.68 Å². The van der Waals surface area contributed by atoms with Gasteiger partial charge in [-0.3, -0.25) is 9.47 Å². The normalized spacial score (nSPS) is 11.7. The summed E-state index contributed by atoms with van der Waals surface area (Å²) in [6, 6.07) is 11.8. The van der Waals surface area contributed by atoms with Gasteiger partial charge in [0.15, 0.2) is 16.4 Å². The molecule has 0 atom stereocenters. The quantitative estimate of drug-likeness (QED) is 0.522. The minimum absolute atomic E-state index is 0.0298. The van der Waals surface area contributed by atoms with Crippen molar-refractivity contribution in [1.29, 1.82) is 5.26 Å². The van der Waals surface area contributed by atoms with Gasteiger partial charge in [-0.2, -0.15) is 18.4 Å². The summed E-state index contributed by atoms with van der Waals surface area (Å²) in [6.07, 6.45) is -2.88. The first kappa shape index (κ1) is 20.8. The largest absolute Gasteiger partial charge is 0.461 e. The number of nitrogens with zero attached hydrogens (tertiary/aromatic N) is 5. The number of aromatic nitrogens is 3. The first-order valence-electron chi connectivity index (χ1n) is 8.80. The third-order valence-electron chi connectivity index (χ3n) is 4.21. The molecule has 0 amide bonds. The summed E-state index contributed by atoms with van der Waals surface area (Å²) >= 11 is 5.42. The van der Waals surface area contributed by atoms with Crippen molar-refractivity contribution in [3.63, 3.8) is 0 Å². The molecular formula is C19H18F3N5OS. The molecule has 2 heterocycles. The number of halogens is 3. The molecule has 152 valence electrons. The molecule has 6 nitrogen and oxygen atoms in total. The topological polar surface area (TPSA) is 62.9 Å². The van der Waals surface area contributed by atoms with Crippen LogP contribution in [0.15, 0.2) is 47.1 Å². The second kappa shape index (κ2) is 8.63. The average molecular weight is 421 g/mol. The fourth-order valence-corrected chi connectivity index (χ4v) is 3.26. The van der Waals surface area contributed by atoms with E-state index in [1.165, 1.54) is 15.8 Å². The predicted octanol–water partition coefficient (Wildman–Crippen LogP) is 4.59. The summed E-state index contributed by atoms with van der Waals surface area (Å²) in [5.41, 5.74) is 1.10. The van der Waals surface area contributed by atoms with Crippen LogP contribution in [0.2, 0.25) is 0 Å². The van der Waals surface area contributed by atoms with Crippen molar-refractivity contribution in [2.45, 2.75) is 32.9 Å². The molecule has 0 saturated heterocycles. The van der Waals surface area contributed by atoms with Gasteiger partial charge in [-0.05, 0) is 49.0 Å². The maximum absolute atomic E-state index is 13.1. The molecular weight excluding hydrogens is 403 g/mol. The molecule has 0 aliphatic carbocycles. The first-order chi connectivity index (χ1) is 13.8. The zero-order valence-corrected chi connectivity index (χ0v) is 16.4. The Balaban J connectivity index is 1.89. The maximum atomic E-state index is 13.1. The zero-order valence-electron chi connectivity index (χ0n) is 15.6. The van der Waals surface area contributed by atoms with Crippen molar-refractivity contribution in [2.75, 3.05) is 6.54 Å². The third-order valence-corrected chi connectivity index (χ3v) is 4.64. The maximum Gasteiger partial charge on any atom is 0.401 e. The highest BCUT2D eigenvalue weighted by Crippen LogP contribution is 2.22. The highest BCUT2D eigenvalue weighted by Gasteiger charge is 2.31. The summed E-state index contributed by atoms with van der Waals surface area (Å²) in [7, 11) is 0. The third kappa shape index (κ3) is 5.13. The summed E-state index contributed by atoms with van der Waals surface area (Å²) in [5, 5.41) is 13.3. The van der Waals surface area contributed by atoms with Crippen molar-refractivity contribution in [1.82, 2.24) is 19.2 Å². The standard InChI is InChI=1S/C19H18F3N5OS/c1-2-26-17(16-4-3-9-28-16)24-27(18(26)29)13-25(12-19(20,21)22)11-15-7-5-14(10-23)6-8-15/h3-9H,2,11-13H2,1H3. The van der Waals surface area contributed by atoms with Crippen molar-refractivity contribution < 1.29 is 17.6 Å². The molecule has 29 heavy (non-hydrogen) atoms. The summed E-state index contributed by atoms with van der Waals surface area (Å²) in [5.74, 6) is 0.957. The number of alkyl halides is 3. The second-order valence-electron chi connectivity index (χ2n) is 6.38. The number of hydrogen-bond donors (Lipinski definition) is 0. The predicted molar refractivity (Wildman–Crippen MR) is 102 cm³/mol. The van der Waals surface area contributed by atoms with Crippen LogP contribution in [0.3, 0.4) is 0 Å². The van der Waals surface area contributed by atoms with Gasteiger partial charge >= 0.3 is 6.18 Å². The van der Waals surface area contributed by atoms with Crippen molar-refractivity contribution in [3.05, 3.63) is 58.6 Å². The van der Waals surface area contributed by atoms with Gasteiger partial charge in [0.05, 0.1) is 31.1 Å². The molecule has 10 heteroatoms. The SMILES string of the molecule is CCn1c(-c2ccco2)nn(CN(Cc2ccc(C#N)cc2)CC(F)(F)F)c1=S. The van der Waals surface area contributed by atoms with E-state index in [0.29, 0.717) is 34.0 Å². The van der Waals surface area contributed by atoms with Crippen LogP contribution >= 0.6 is 12.2 Å². The van der Waals surface area contributed by atoms with Crippen LogP contribution < -0.4 is 0 Å². The van der Waals surface area contributed by atoms with Crippen LogP contribution in [0.25, 0.3) is 11.6 Å². The average Bonchev–Trinajstić information content (AvgIpc) is 3.29. The van der Waals surface area contributed by atoms with Gasteiger partial charge in [-0.1, -0.05) is 12.1 Å². The molecule has 0 saturated carbocycles. The molecule has 0 bridgehead atoms. The fraction of sp³-hybridized carbons (Fsp3) is 0.316. The van der Waals surface area contributed by atoms with E-state index in [2.05, 4.69) is 5.10 Å². The Morgan fingerprint density at radius 3 is 2.52 bits per heavy atom. The van der Waals surface area contributed by atoms with Gasteiger partial charge in [0.1, 0.15) is 0 Å². The van der Waals surface area contributed by atoms with Gasteiger partial charge in [0.25, 0.3) is 0 Å². The molecule has 0 aliphatic heterocycles. The molecule has 0 N–H and O–H groups in total. The van der Waals surface area contributed by atoms with E-state index >= 15 is 0 Å². The van der Waals surface area contributed by atoms with E-state index in [-0.39, 0.29) is 13.2 Å². The Morgan fingerprint density at radius 2 is 1.97 bits per heavy atom. The molecule has 0 unspecified atom stereocenters.